The maximum atomic E-state index is 12.8. The maximum absolute atomic E-state index is 12.8. The number of benzene rings is 2. The Morgan fingerprint density at radius 1 is 1.13 bits per heavy atom. The second-order valence-electron chi connectivity index (χ2n) is 7.01. The van der Waals surface area contributed by atoms with Crippen LogP contribution < -0.4 is 5.32 Å². The number of rotatable bonds is 5. The molecule has 0 saturated carbocycles. The molecule has 2 N–H and O–H groups in total. The van der Waals surface area contributed by atoms with Gasteiger partial charge in [0.1, 0.15) is 0 Å². The number of nitrogens with zero attached hydrogens (tertiary/aromatic N) is 3. The SMILES string of the molecule is Cn1ccnc1-c1sc(NC(=O)Cc2c[nH]c3ccccc23)nc1-c1ccccc1. The number of aryl methyl sites for hydroxylation is 1. The lowest BCUT2D eigenvalue weighted by Crippen LogP contribution is -2.14. The first kappa shape index (κ1) is 18.3. The minimum absolute atomic E-state index is 0.0977. The standard InChI is InChI=1S/C23H19N5OS/c1-28-12-11-24-22(28)21-20(15-7-3-2-4-8-15)27-23(30-21)26-19(29)13-16-14-25-18-10-6-5-9-17(16)18/h2-12,14,25H,13H2,1H3,(H,26,27,29). The normalized spacial score (nSPS) is 11.1. The molecule has 3 heterocycles. The first-order valence-corrected chi connectivity index (χ1v) is 10.4. The summed E-state index contributed by atoms with van der Waals surface area (Å²) in [4.78, 5) is 26.1. The highest BCUT2D eigenvalue weighted by Gasteiger charge is 2.19. The van der Waals surface area contributed by atoms with Gasteiger partial charge in [-0.3, -0.25) is 4.79 Å². The van der Waals surface area contributed by atoms with Gasteiger partial charge in [0.05, 0.1) is 17.0 Å². The van der Waals surface area contributed by atoms with Gasteiger partial charge in [-0.1, -0.05) is 59.9 Å². The van der Waals surface area contributed by atoms with Crippen LogP contribution in [0.4, 0.5) is 5.13 Å². The quantitative estimate of drug-likeness (QED) is 0.431. The second kappa shape index (κ2) is 7.61. The second-order valence-corrected chi connectivity index (χ2v) is 8.01. The number of thiazole rings is 1. The number of hydrogen-bond donors (Lipinski definition) is 2. The van der Waals surface area contributed by atoms with Gasteiger partial charge in [-0.15, -0.1) is 0 Å². The molecule has 3 aromatic heterocycles. The lowest BCUT2D eigenvalue weighted by atomic mass is 10.1. The van der Waals surface area contributed by atoms with E-state index in [0.717, 1.165) is 38.4 Å². The molecule has 6 nitrogen and oxygen atoms in total. The summed E-state index contributed by atoms with van der Waals surface area (Å²) in [7, 11) is 1.95. The molecule has 0 radical (unpaired) electrons. The molecular weight excluding hydrogens is 394 g/mol. The van der Waals surface area contributed by atoms with Gasteiger partial charge in [-0.05, 0) is 11.6 Å². The van der Waals surface area contributed by atoms with Gasteiger partial charge in [-0.25, -0.2) is 9.97 Å². The van der Waals surface area contributed by atoms with E-state index in [1.807, 2.05) is 78.6 Å². The number of para-hydroxylation sites is 1. The Morgan fingerprint density at radius 3 is 2.73 bits per heavy atom. The van der Waals surface area contributed by atoms with E-state index in [2.05, 4.69) is 15.3 Å². The van der Waals surface area contributed by atoms with Gasteiger partial charge in [0.2, 0.25) is 5.91 Å². The van der Waals surface area contributed by atoms with Crippen molar-refractivity contribution in [2.24, 2.45) is 7.05 Å². The number of carbonyl (C=O) groups excluding carboxylic acids is 1. The summed E-state index contributed by atoms with van der Waals surface area (Å²) in [5.74, 6) is 0.725. The number of hydrogen-bond acceptors (Lipinski definition) is 4. The fraction of sp³-hybridized carbons (Fsp3) is 0.0870. The van der Waals surface area contributed by atoms with E-state index in [4.69, 9.17) is 4.98 Å². The molecule has 5 aromatic rings. The average Bonchev–Trinajstić information content (AvgIpc) is 3.47. The number of aromatic nitrogens is 4. The fourth-order valence-corrected chi connectivity index (χ4v) is 4.56. The summed E-state index contributed by atoms with van der Waals surface area (Å²) >= 11 is 1.44. The molecule has 0 unspecified atom stereocenters. The van der Waals surface area contributed by atoms with Crippen molar-refractivity contribution in [2.45, 2.75) is 6.42 Å². The molecule has 1 amide bonds. The molecule has 30 heavy (non-hydrogen) atoms. The molecule has 7 heteroatoms. The third-order valence-corrected chi connectivity index (χ3v) is 5.94. The van der Waals surface area contributed by atoms with Crippen LogP contribution in [0.2, 0.25) is 0 Å². The molecule has 0 spiro atoms. The monoisotopic (exact) mass is 413 g/mol. The van der Waals surface area contributed by atoms with Gasteiger partial charge in [0.25, 0.3) is 0 Å². The maximum Gasteiger partial charge on any atom is 0.230 e. The Kier molecular flexibility index (Phi) is 4.65. The molecule has 5 rings (SSSR count). The van der Waals surface area contributed by atoms with E-state index in [1.54, 1.807) is 6.20 Å². The van der Waals surface area contributed by atoms with E-state index in [9.17, 15) is 4.79 Å². The van der Waals surface area contributed by atoms with Crippen LogP contribution in [-0.4, -0.2) is 25.4 Å². The molecule has 2 aromatic carbocycles. The van der Waals surface area contributed by atoms with Crippen LogP contribution in [0.5, 0.6) is 0 Å². The number of nitrogens with one attached hydrogen (secondary N) is 2. The number of fused-ring (bicyclic) bond motifs is 1. The summed E-state index contributed by atoms with van der Waals surface area (Å²) < 4.78 is 1.96. The van der Waals surface area contributed by atoms with Crippen molar-refractivity contribution in [3.05, 3.63) is 78.8 Å². The minimum atomic E-state index is -0.0977. The molecule has 0 aliphatic heterocycles. The van der Waals surface area contributed by atoms with Crippen LogP contribution in [0.1, 0.15) is 5.56 Å². The number of H-pyrrole nitrogens is 1. The van der Waals surface area contributed by atoms with Crippen molar-refractivity contribution in [2.75, 3.05) is 5.32 Å². The highest BCUT2D eigenvalue weighted by molar-refractivity contribution is 7.19. The highest BCUT2D eigenvalue weighted by atomic mass is 32.1. The molecule has 0 fully saturated rings. The largest absolute Gasteiger partial charge is 0.361 e. The molecule has 0 aliphatic rings. The lowest BCUT2D eigenvalue weighted by Gasteiger charge is -2.02. The molecule has 148 valence electrons. The Balaban J connectivity index is 1.45. The highest BCUT2D eigenvalue weighted by Crippen LogP contribution is 2.38. The number of amides is 1. The van der Waals surface area contributed by atoms with E-state index < -0.39 is 0 Å². The number of anilines is 1. The van der Waals surface area contributed by atoms with E-state index in [-0.39, 0.29) is 12.3 Å². The van der Waals surface area contributed by atoms with E-state index in [1.165, 1.54) is 11.3 Å². The van der Waals surface area contributed by atoms with Crippen LogP contribution >= 0.6 is 11.3 Å². The van der Waals surface area contributed by atoms with Gasteiger partial charge < -0.3 is 14.9 Å². The third-order valence-electron chi connectivity index (χ3n) is 4.97. The summed E-state index contributed by atoms with van der Waals surface area (Å²) in [5, 5.41) is 4.60. The third kappa shape index (κ3) is 3.40. The number of aromatic amines is 1. The van der Waals surface area contributed by atoms with Gasteiger partial charge in [0, 0.05) is 42.1 Å². The zero-order chi connectivity index (χ0) is 20.5. The predicted octanol–water partition coefficient (Wildman–Crippen LogP) is 4.87. The van der Waals surface area contributed by atoms with Crippen molar-refractivity contribution in [3.8, 4) is 22.0 Å². The van der Waals surface area contributed by atoms with Crippen LogP contribution in [0, 0.1) is 0 Å². The average molecular weight is 414 g/mol. The summed E-state index contributed by atoms with van der Waals surface area (Å²) in [6.45, 7) is 0. The van der Waals surface area contributed by atoms with Crippen LogP contribution in [0.25, 0.3) is 32.9 Å². The molecule has 0 bridgehead atoms. The Morgan fingerprint density at radius 2 is 1.93 bits per heavy atom. The smallest absolute Gasteiger partial charge is 0.230 e. The zero-order valence-corrected chi connectivity index (χ0v) is 17.1. The Bertz CT molecular complexity index is 1330. The molecule has 0 aliphatic carbocycles. The first-order valence-electron chi connectivity index (χ1n) is 9.58. The number of imidazole rings is 1. The summed E-state index contributed by atoms with van der Waals surface area (Å²) in [6.07, 6.45) is 5.83. The Labute approximate surface area is 177 Å². The van der Waals surface area contributed by atoms with Crippen molar-refractivity contribution in [3.63, 3.8) is 0 Å². The Hall–Kier alpha value is -3.71. The van der Waals surface area contributed by atoms with Crippen LogP contribution in [0.3, 0.4) is 0 Å². The van der Waals surface area contributed by atoms with E-state index in [0.29, 0.717) is 5.13 Å². The summed E-state index contributed by atoms with van der Waals surface area (Å²) in [6, 6.07) is 17.9. The molecule has 0 saturated heterocycles. The van der Waals surface area contributed by atoms with Crippen molar-refractivity contribution in [1.82, 2.24) is 19.5 Å². The topological polar surface area (TPSA) is 75.6 Å². The van der Waals surface area contributed by atoms with Crippen molar-refractivity contribution < 1.29 is 4.79 Å². The van der Waals surface area contributed by atoms with E-state index >= 15 is 0 Å². The van der Waals surface area contributed by atoms with Crippen LogP contribution in [0.15, 0.2) is 73.2 Å². The number of carbonyl (C=O) groups is 1. The molecular formula is C23H19N5OS. The minimum Gasteiger partial charge on any atom is -0.361 e. The lowest BCUT2D eigenvalue weighted by molar-refractivity contribution is -0.115. The predicted molar refractivity (Wildman–Crippen MR) is 120 cm³/mol. The van der Waals surface area contributed by atoms with Gasteiger partial charge in [0.15, 0.2) is 11.0 Å². The van der Waals surface area contributed by atoms with Gasteiger partial charge in [-0.2, -0.15) is 0 Å². The van der Waals surface area contributed by atoms with Crippen LogP contribution in [-0.2, 0) is 18.3 Å². The molecule has 0 atom stereocenters. The van der Waals surface area contributed by atoms with Gasteiger partial charge >= 0.3 is 0 Å². The van der Waals surface area contributed by atoms with Crippen molar-refractivity contribution in [1.29, 1.82) is 0 Å². The fourth-order valence-electron chi connectivity index (χ4n) is 3.52. The first-order chi connectivity index (χ1) is 14.7. The van der Waals surface area contributed by atoms with Crippen molar-refractivity contribution >= 4 is 33.3 Å². The summed E-state index contributed by atoms with van der Waals surface area (Å²) in [5.41, 5.74) is 3.80. The zero-order valence-electron chi connectivity index (χ0n) is 16.3.